The number of hydrogen-bond acceptors (Lipinski definition) is 5. The number of halogens is 1. The molecule has 0 saturated carbocycles. The molecule has 6 heteroatoms. The van der Waals surface area contributed by atoms with Crippen LogP contribution in [-0.4, -0.2) is 42.3 Å². The van der Waals surface area contributed by atoms with Gasteiger partial charge in [0.05, 0.1) is 5.56 Å². The molecule has 124 valence electrons. The first-order valence-corrected chi connectivity index (χ1v) is 8.39. The molecule has 3 aromatic rings. The molecule has 0 bridgehead atoms. The largest absolute Gasteiger partial charge is 0.491 e. The van der Waals surface area contributed by atoms with Gasteiger partial charge in [-0.3, -0.25) is 0 Å². The Kier molecular flexibility index (Phi) is 5.27. The van der Waals surface area contributed by atoms with Crippen molar-refractivity contribution in [1.82, 2.24) is 15.0 Å². The van der Waals surface area contributed by atoms with E-state index in [9.17, 15) is 0 Å². The fraction of sp³-hybridized carbons (Fsp3) is 0.222. The minimum atomic E-state index is 0.440. The molecular weight excluding hydrogens is 370 g/mol. The van der Waals surface area contributed by atoms with Crippen LogP contribution in [-0.2, 0) is 0 Å². The predicted octanol–water partition coefficient (Wildman–Crippen LogP) is 4.11. The summed E-state index contributed by atoms with van der Waals surface area (Å²) in [7, 11) is 4.02. The van der Waals surface area contributed by atoms with Crippen LogP contribution in [0.2, 0.25) is 0 Å². The van der Waals surface area contributed by atoms with Gasteiger partial charge in [0, 0.05) is 16.6 Å². The highest BCUT2D eigenvalue weighted by molar-refractivity contribution is 9.10. The molecule has 0 fully saturated rings. The van der Waals surface area contributed by atoms with Crippen molar-refractivity contribution in [2.75, 3.05) is 27.2 Å². The number of nitrogens with zero attached hydrogens (tertiary/aromatic N) is 3. The van der Waals surface area contributed by atoms with Gasteiger partial charge in [0.15, 0.2) is 0 Å². The molecule has 0 aliphatic heterocycles. The molecule has 0 radical (unpaired) electrons. The standard InChI is InChI=1S/C18H18BrN3O2/c1-22(2)10-11-23-16-9-8-14(19)12-15(16)18-20-17(21-24-18)13-6-4-3-5-7-13/h3-9,12H,10-11H2,1-2H3. The minimum Gasteiger partial charge on any atom is -0.491 e. The molecule has 0 atom stereocenters. The molecule has 1 aromatic heterocycles. The van der Waals surface area contributed by atoms with Crippen molar-refractivity contribution in [2.24, 2.45) is 0 Å². The maximum atomic E-state index is 5.88. The first-order valence-electron chi connectivity index (χ1n) is 7.60. The van der Waals surface area contributed by atoms with E-state index in [-0.39, 0.29) is 0 Å². The molecule has 0 aliphatic carbocycles. The number of rotatable bonds is 6. The average molecular weight is 388 g/mol. The van der Waals surface area contributed by atoms with Crippen LogP contribution >= 0.6 is 15.9 Å². The van der Waals surface area contributed by atoms with E-state index in [2.05, 4.69) is 31.0 Å². The van der Waals surface area contributed by atoms with Crippen molar-refractivity contribution in [3.8, 4) is 28.6 Å². The zero-order valence-electron chi connectivity index (χ0n) is 13.6. The van der Waals surface area contributed by atoms with E-state index in [4.69, 9.17) is 9.26 Å². The average Bonchev–Trinajstić information content (AvgIpc) is 3.06. The smallest absolute Gasteiger partial charge is 0.262 e. The van der Waals surface area contributed by atoms with Gasteiger partial charge in [-0.25, -0.2) is 0 Å². The maximum Gasteiger partial charge on any atom is 0.262 e. The lowest BCUT2D eigenvalue weighted by molar-refractivity contribution is 0.261. The van der Waals surface area contributed by atoms with Gasteiger partial charge >= 0.3 is 0 Å². The predicted molar refractivity (Wildman–Crippen MR) is 96.9 cm³/mol. The van der Waals surface area contributed by atoms with E-state index >= 15 is 0 Å². The van der Waals surface area contributed by atoms with Crippen molar-refractivity contribution < 1.29 is 9.26 Å². The summed E-state index contributed by atoms with van der Waals surface area (Å²) >= 11 is 3.48. The van der Waals surface area contributed by atoms with Gasteiger partial charge in [0.1, 0.15) is 12.4 Å². The summed E-state index contributed by atoms with van der Waals surface area (Å²) in [6.07, 6.45) is 0. The van der Waals surface area contributed by atoms with Crippen LogP contribution in [0.3, 0.4) is 0 Å². The third kappa shape index (κ3) is 4.01. The Balaban J connectivity index is 1.88. The Hall–Kier alpha value is -2.18. The van der Waals surface area contributed by atoms with Crippen molar-refractivity contribution in [1.29, 1.82) is 0 Å². The highest BCUT2D eigenvalue weighted by Gasteiger charge is 2.15. The van der Waals surface area contributed by atoms with Crippen molar-refractivity contribution in [3.05, 3.63) is 53.0 Å². The van der Waals surface area contributed by atoms with Gasteiger partial charge in [-0.15, -0.1) is 0 Å². The Bertz CT molecular complexity index is 803. The molecule has 1 heterocycles. The number of aromatic nitrogens is 2. The van der Waals surface area contributed by atoms with Crippen LogP contribution in [0.1, 0.15) is 0 Å². The van der Waals surface area contributed by atoms with Gasteiger partial charge in [0.2, 0.25) is 5.82 Å². The maximum absolute atomic E-state index is 5.88. The van der Waals surface area contributed by atoms with Crippen molar-refractivity contribution in [2.45, 2.75) is 0 Å². The summed E-state index contributed by atoms with van der Waals surface area (Å²) in [5.41, 5.74) is 1.69. The second-order valence-corrected chi connectivity index (χ2v) is 6.50. The Morgan fingerprint density at radius 2 is 1.92 bits per heavy atom. The summed E-state index contributed by atoms with van der Waals surface area (Å²) in [4.78, 5) is 6.57. The molecule has 5 nitrogen and oxygen atoms in total. The topological polar surface area (TPSA) is 51.4 Å². The zero-order chi connectivity index (χ0) is 16.9. The van der Waals surface area contributed by atoms with E-state index in [1.54, 1.807) is 0 Å². The van der Waals surface area contributed by atoms with Crippen molar-refractivity contribution >= 4 is 15.9 Å². The molecule has 24 heavy (non-hydrogen) atoms. The van der Waals surface area contributed by atoms with E-state index in [1.807, 2.05) is 62.6 Å². The minimum absolute atomic E-state index is 0.440. The van der Waals surface area contributed by atoms with E-state index < -0.39 is 0 Å². The van der Waals surface area contributed by atoms with Crippen LogP contribution in [0.25, 0.3) is 22.8 Å². The SMILES string of the molecule is CN(C)CCOc1ccc(Br)cc1-c1nc(-c2ccccc2)no1. The summed E-state index contributed by atoms with van der Waals surface area (Å²) in [5, 5.41) is 4.08. The fourth-order valence-corrected chi connectivity index (χ4v) is 2.53. The molecule has 0 spiro atoms. The van der Waals surface area contributed by atoms with E-state index in [0.717, 1.165) is 27.9 Å². The quantitative estimate of drug-likeness (QED) is 0.636. The van der Waals surface area contributed by atoms with Crippen LogP contribution in [0, 0.1) is 0 Å². The van der Waals surface area contributed by atoms with Crippen LogP contribution < -0.4 is 4.74 Å². The lowest BCUT2D eigenvalue weighted by atomic mass is 10.2. The van der Waals surface area contributed by atoms with Gasteiger partial charge in [-0.1, -0.05) is 51.4 Å². The Labute approximate surface area is 149 Å². The summed E-state index contributed by atoms with van der Waals surface area (Å²) in [6.45, 7) is 1.41. The lowest BCUT2D eigenvalue weighted by Crippen LogP contribution is -2.19. The molecular formula is C18H18BrN3O2. The summed E-state index contributed by atoms with van der Waals surface area (Å²) < 4.78 is 12.3. The van der Waals surface area contributed by atoms with Gasteiger partial charge < -0.3 is 14.2 Å². The number of benzene rings is 2. The third-order valence-corrected chi connectivity index (χ3v) is 3.92. The van der Waals surface area contributed by atoms with Crippen LogP contribution in [0.15, 0.2) is 57.5 Å². The first-order chi connectivity index (χ1) is 11.6. The Morgan fingerprint density at radius 3 is 2.67 bits per heavy atom. The highest BCUT2D eigenvalue weighted by Crippen LogP contribution is 2.32. The van der Waals surface area contributed by atoms with Gasteiger partial charge in [-0.05, 0) is 32.3 Å². The third-order valence-electron chi connectivity index (χ3n) is 3.43. The second-order valence-electron chi connectivity index (χ2n) is 5.58. The molecule has 0 saturated heterocycles. The van der Waals surface area contributed by atoms with E-state index in [0.29, 0.717) is 18.3 Å². The number of hydrogen-bond donors (Lipinski definition) is 0. The number of ether oxygens (including phenoxy) is 1. The normalized spacial score (nSPS) is 11.0. The molecule has 2 aromatic carbocycles. The highest BCUT2D eigenvalue weighted by atomic mass is 79.9. The fourth-order valence-electron chi connectivity index (χ4n) is 2.17. The van der Waals surface area contributed by atoms with Crippen LogP contribution in [0.5, 0.6) is 5.75 Å². The van der Waals surface area contributed by atoms with Crippen LogP contribution in [0.4, 0.5) is 0 Å². The number of likely N-dealkylation sites (N-methyl/N-ethyl adjacent to an activating group) is 1. The zero-order valence-corrected chi connectivity index (χ0v) is 15.2. The monoisotopic (exact) mass is 387 g/mol. The molecule has 0 aliphatic rings. The molecule has 0 amide bonds. The van der Waals surface area contributed by atoms with Gasteiger partial charge in [0.25, 0.3) is 5.89 Å². The molecule has 3 rings (SSSR count). The lowest BCUT2D eigenvalue weighted by Gasteiger charge is -2.12. The van der Waals surface area contributed by atoms with Crippen molar-refractivity contribution in [3.63, 3.8) is 0 Å². The molecule has 0 N–H and O–H groups in total. The first kappa shape index (κ1) is 16.7. The second kappa shape index (κ2) is 7.59. The van der Waals surface area contributed by atoms with E-state index in [1.165, 1.54) is 0 Å². The molecule has 0 unspecified atom stereocenters. The summed E-state index contributed by atoms with van der Waals surface area (Å²) in [5.74, 6) is 1.73. The Morgan fingerprint density at radius 1 is 1.12 bits per heavy atom. The van der Waals surface area contributed by atoms with Gasteiger partial charge in [-0.2, -0.15) is 4.98 Å². The summed E-state index contributed by atoms with van der Waals surface area (Å²) in [6, 6.07) is 15.5.